The second-order valence-corrected chi connectivity index (χ2v) is 10.2. The van der Waals surface area contributed by atoms with Gasteiger partial charge in [0.15, 0.2) is 0 Å². The zero-order valence-electron chi connectivity index (χ0n) is 20.6. The lowest BCUT2D eigenvalue weighted by Crippen LogP contribution is -2.62. The second-order valence-electron chi connectivity index (χ2n) is 10.2. The summed E-state index contributed by atoms with van der Waals surface area (Å²) in [4.78, 5) is 39.8. The van der Waals surface area contributed by atoms with Crippen LogP contribution in [0.3, 0.4) is 0 Å². The van der Waals surface area contributed by atoms with Crippen LogP contribution in [0.2, 0.25) is 0 Å². The van der Waals surface area contributed by atoms with Crippen LogP contribution in [0.15, 0.2) is 48.5 Å². The van der Waals surface area contributed by atoms with E-state index in [1.165, 1.54) is 4.90 Å². The number of piperidine rings is 1. The molecule has 7 heteroatoms. The van der Waals surface area contributed by atoms with Crippen LogP contribution in [0.5, 0.6) is 0 Å². The average Bonchev–Trinajstić information content (AvgIpc) is 3.15. The van der Waals surface area contributed by atoms with Crippen molar-refractivity contribution in [3.63, 3.8) is 0 Å². The van der Waals surface area contributed by atoms with Gasteiger partial charge in [-0.3, -0.25) is 4.79 Å². The maximum atomic E-state index is 13.5. The number of hydrogen-bond donors (Lipinski definition) is 2. The van der Waals surface area contributed by atoms with E-state index in [9.17, 15) is 19.5 Å². The summed E-state index contributed by atoms with van der Waals surface area (Å²) in [6.45, 7) is 6.03. The van der Waals surface area contributed by atoms with Gasteiger partial charge in [-0.05, 0) is 60.8 Å². The molecule has 4 rings (SSSR count). The molecule has 2 amide bonds. The molecule has 0 saturated carbocycles. The quantitative estimate of drug-likeness (QED) is 0.596. The van der Waals surface area contributed by atoms with Gasteiger partial charge in [-0.15, -0.1) is 0 Å². The first-order valence-corrected chi connectivity index (χ1v) is 12.4. The lowest BCUT2D eigenvalue weighted by molar-refractivity contribution is -0.162. The molecule has 1 saturated heterocycles. The molecule has 2 aromatic carbocycles. The van der Waals surface area contributed by atoms with Crippen molar-refractivity contribution in [2.24, 2.45) is 5.92 Å². The number of ether oxygens (including phenoxy) is 1. The summed E-state index contributed by atoms with van der Waals surface area (Å²) in [6.07, 6.45) is 1.62. The van der Waals surface area contributed by atoms with Crippen LogP contribution in [0, 0.1) is 5.92 Å². The molecule has 7 nitrogen and oxygen atoms in total. The van der Waals surface area contributed by atoms with E-state index in [4.69, 9.17) is 4.74 Å². The molecule has 1 heterocycles. The number of carboxylic acids is 1. The molecule has 0 spiro atoms. The third-order valence-corrected chi connectivity index (χ3v) is 7.26. The van der Waals surface area contributed by atoms with Crippen LogP contribution in [0.4, 0.5) is 4.79 Å². The number of carbonyl (C=O) groups excluding carboxylic acids is 2. The minimum absolute atomic E-state index is 0.0789. The Labute approximate surface area is 206 Å². The first kappa shape index (κ1) is 24.8. The molecule has 0 aromatic heterocycles. The molecular formula is C28H34N2O5. The number of carboxylic acid groups (broad SMARTS) is 1. The summed E-state index contributed by atoms with van der Waals surface area (Å²) < 4.78 is 5.65. The van der Waals surface area contributed by atoms with Gasteiger partial charge < -0.3 is 20.1 Å². The van der Waals surface area contributed by atoms with Crippen molar-refractivity contribution in [2.75, 3.05) is 13.2 Å². The van der Waals surface area contributed by atoms with Crippen molar-refractivity contribution < 1.29 is 24.2 Å². The molecule has 1 fully saturated rings. The van der Waals surface area contributed by atoms with E-state index in [0.717, 1.165) is 35.1 Å². The summed E-state index contributed by atoms with van der Waals surface area (Å²) in [7, 11) is 0. The van der Waals surface area contributed by atoms with E-state index in [1.807, 2.05) is 38.1 Å². The molecule has 2 aromatic rings. The van der Waals surface area contributed by atoms with Crippen LogP contribution in [-0.2, 0) is 14.3 Å². The molecule has 0 bridgehead atoms. The topological polar surface area (TPSA) is 95.9 Å². The fraction of sp³-hybridized carbons (Fsp3) is 0.464. The Balaban J connectivity index is 1.47. The maximum absolute atomic E-state index is 13.5. The molecule has 186 valence electrons. The molecule has 1 unspecified atom stereocenters. The minimum Gasteiger partial charge on any atom is -0.480 e. The zero-order valence-corrected chi connectivity index (χ0v) is 20.6. The van der Waals surface area contributed by atoms with Gasteiger partial charge in [0.25, 0.3) is 0 Å². The molecule has 2 N–H and O–H groups in total. The first-order valence-electron chi connectivity index (χ1n) is 12.4. The van der Waals surface area contributed by atoms with Crippen molar-refractivity contribution in [1.29, 1.82) is 0 Å². The second kappa shape index (κ2) is 10.1. The maximum Gasteiger partial charge on any atom is 0.407 e. The summed E-state index contributed by atoms with van der Waals surface area (Å²) in [6, 6.07) is 15.4. The number of nitrogens with zero attached hydrogens (tertiary/aromatic N) is 1. The van der Waals surface area contributed by atoms with Gasteiger partial charge in [0.2, 0.25) is 5.91 Å². The Kier molecular flexibility index (Phi) is 7.15. The van der Waals surface area contributed by atoms with Gasteiger partial charge in [-0.2, -0.15) is 0 Å². The van der Waals surface area contributed by atoms with Gasteiger partial charge >= 0.3 is 12.1 Å². The lowest BCUT2D eigenvalue weighted by atomic mass is 9.87. The first-order chi connectivity index (χ1) is 16.7. The number of hydrogen-bond acceptors (Lipinski definition) is 4. The van der Waals surface area contributed by atoms with Crippen LogP contribution < -0.4 is 5.32 Å². The number of alkyl carbamates (subject to hydrolysis) is 1. The van der Waals surface area contributed by atoms with E-state index in [-0.39, 0.29) is 24.3 Å². The smallest absolute Gasteiger partial charge is 0.407 e. The zero-order chi connectivity index (χ0) is 25.2. The molecule has 1 aliphatic heterocycles. The summed E-state index contributed by atoms with van der Waals surface area (Å²) >= 11 is 0. The lowest BCUT2D eigenvalue weighted by Gasteiger charge is -2.43. The van der Waals surface area contributed by atoms with Gasteiger partial charge in [0, 0.05) is 12.5 Å². The Morgan fingerprint density at radius 3 is 2.23 bits per heavy atom. The highest BCUT2D eigenvalue weighted by Gasteiger charge is 2.46. The van der Waals surface area contributed by atoms with Crippen molar-refractivity contribution in [1.82, 2.24) is 10.2 Å². The number of amides is 2. The highest BCUT2D eigenvalue weighted by Crippen LogP contribution is 2.44. The van der Waals surface area contributed by atoms with E-state index in [1.54, 1.807) is 6.92 Å². The Morgan fingerprint density at radius 1 is 1.06 bits per heavy atom. The van der Waals surface area contributed by atoms with Gasteiger partial charge in [-0.25, -0.2) is 9.59 Å². The molecule has 0 radical (unpaired) electrons. The molecular weight excluding hydrogens is 444 g/mol. The van der Waals surface area contributed by atoms with Crippen molar-refractivity contribution in [3.8, 4) is 11.1 Å². The van der Waals surface area contributed by atoms with Crippen LogP contribution in [0.25, 0.3) is 11.1 Å². The molecule has 1 aliphatic carbocycles. The number of nitrogens with one attached hydrogen (secondary N) is 1. The fourth-order valence-electron chi connectivity index (χ4n) is 5.36. The molecule has 2 aliphatic rings. The van der Waals surface area contributed by atoms with E-state index in [0.29, 0.717) is 19.4 Å². The van der Waals surface area contributed by atoms with E-state index >= 15 is 0 Å². The van der Waals surface area contributed by atoms with E-state index < -0.39 is 23.6 Å². The monoisotopic (exact) mass is 478 g/mol. The Bertz CT molecular complexity index is 1070. The molecule has 2 atom stereocenters. The van der Waals surface area contributed by atoms with E-state index in [2.05, 4.69) is 29.6 Å². The number of carbonyl (C=O) groups is 3. The van der Waals surface area contributed by atoms with Crippen molar-refractivity contribution in [2.45, 2.75) is 64.0 Å². The number of benzene rings is 2. The van der Waals surface area contributed by atoms with Gasteiger partial charge in [0.1, 0.15) is 18.2 Å². The van der Waals surface area contributed by atoms with Crippen molar-refractivity contribution >= 4 is 18.0 Å². The Morgan fingerprint density at radius 2 is 1.66 bits per heavy atom. The van der Waals surface area contributed by atoms with Crippen molar-refractivity contribution in [3.05, 3.63) is 59.7 Å². The largest absolute Gasteiger partial charge is 0.480 e. The number of likely N-dealkylation sites (tertiary alicyclic amines) is 1. The molecule has 35 heavy (non-hydrogen) atoms. The van der Waals surface area contributed by atoms with Gasteiger partial charge in [0.05, 0.1) is 0 Å². The average molecular weight is 479 g/mol. The summed E-state index contributed by atoms with van der Waals surface area (Å²) in [5.41, 5.74) is 3.24. The minimum atomic E-state index is -1.27. The SMILES string of the molecule is CC(C)C[C@H](NC(=O)OCC1c2ccccc2-c2ccccc21)C(=O)N1CCCCC1(C)C(=O)O. The summed E-state index contributed by atoms with van der Waals surface area (Å²) in [5, 5.41) is 12.6. The third kappa shape index (κ3) is 4.90. The standard InChI is InChI=1S/C28H34N2O5/c1-18(2)16-24(25(31)30-15-9-8-14-28(30,3)26(32)33)29-27(34)35-17-23-21-12-6-4-10-19(21)20-11-5-7-13-22(20)23/h4-7,10-13,18,23-24H,8-9,14-17H2,1-3H3,(H,29,34)(H,32,33)/t24-,28?/m0/s1. The fourth-order valence-corrected chi connectivity index (χ4v) is 5.36. The third-order valence-electron chi connectivity index (χ3n) is 7.26. The summed E-state index contributed by atoms with van der Waals surface area (Å²) in [5.74, 6) is -1.34. The normalized spacial score (nSPS) is 20.2. The van der Waals surface area contributed by atoms with Crippen LogP contribution in [-0.4, -0.2) is 52.7 Å². The predicted molar refractivity (Wildman–Crippen MR) is 133 cm³/mol. The number of rotatable bonds is 7. The van der Waals surface area contributed by atoms with Gasteiger partial charge in [-0.1, -0.05) is 62.4 Å². The van der Waals surface area contributed by atoms with Crippen LogP contribution in [0.1, 0.15) is 63.5 Å². The predicted octanol–water partition coefficient (Wildman–Crippen LogP) is 4.80. The van der Waals surface area contributed by atoms with Crippen LogP contribution >= 0.6 is 0 Å². The Hall–Kier alpha value is -3.35. The number of fused-ring (bicyclic) bond motifs is 3. The highest BCUT2D eigenvalue weighted by atomic mass is 16.5. The number of aliphatic carboxylic acids is 1. The highest BCUT2D eigenvalue weighted by molar-refractivity contribution is 5.91.